The first-order valence-corrected chi connectivity index (χ1v) is 5.03. The van der Waals surface area contributed by atoms with Crippen LogP contribution in [0.4, 0.5) is 5.82 Å². The number of benzene rings is 1. The first-order chi connectivity index (χ1) is 7.72. The van der Waals surface area contributed by atoms with E-state index in [0.717, 1.165) is 11.4 Å². The molecule has 1 aromatic carbocycles. The third-order valence-corrected chi connectivity index (χ3v) is 2.40. The first-order valence-electron chi connectivity index (χ1n) is 5.03. The number of anilines is 1. The van der Waals surface area contributed by atoms with Crippen LogP contribution in [0, 0.1) is 6.92 Å². The Hall–Kier alpha value is -2.10. The number of nitrogens with zero attached hydrogens (tertiary/aromatic N) is 2. The number of hydrogen-bond acceptors (Lipinski definition) is 4. The number of phenolic OH excluding ortho intramolecular Hbond substituents is 1. The van der Waals surface area contributed by atoms with E-state index in [1.807, 2.05) is 25.1 Å². The third-order valence-electron chi connectivity index (χ3n) is 2.40. The maximum atomic E-state index is 9.73. The van der Waals surface area contributed by atoms with Crippen LogP contribution in [0.1, 0.15) is 5.56 Å². The number of aromatic nitrogens is 2. The summed E-state index contributed by atoms with van der Waals surface area (Å²) < 4.78 is 0. The molecule has 1 heterocycles. The van der Waals surface area contributed by atoms with E-state index in [4.69, 9.17) is 0 Å². The molecule has 0 amide bonds. The van der Waals surface area contributed by atoms with Crippen LogP contribution in [0.15, 0.2) is 30.3 Å². The Kier molecular flexibility index (Phi) is 2.72. The number of rotatable bonds is 2. The topological polar surface area (TPSA) is 58.0 Å². The Labute approximate surface area is 94.0 Å². The summed E-state index contributed by atoms with van der Waals surface area (Å²) in [4.78, 5) is 0. The van der Waals surface area contributed by atoms with Crippen molar-refractivity contribution >= 4 is 5.82 Å². The molecular weight excluding hydrogens is 202 g/mol. The summed E-state index contributed by atoms with van der Waals surface area (Å²) in [6, 6.07) is 9.01. The minimum absolute atomic E-state index is 0.220. The Morgan fingerprint density at radius 1 is 1.19 bits per heavy atom. The Morgan fingerprint density at radius 2 is 1.94 bits per heavy atom. The largest absolute Gasteiger partial charge is 0.507 e. The molecule has 4 heteroatoms. The second-order valence-corrected chi connectivity index (χ2v) is 3.53. The van der Waals surface area contributed by atoms with Gasteiger partial charge < -0.3 is 10.4 Å². The summed E-state index contributed by atoms with van der Waals surface area (Å²) in [6.07, 6.45) is 0. The van der Waals surface area contributed by atoms with Gasteiger partial charge in [-0.2, -0.15) is 0 Å². The zero-order chi connectivity index (χ0) is 11.5. The summed E-state index contributed by atoms with van der Waals surface area (Å²) in [5.41, 5.74) is 2.38. The van der Waals surface area contributed by atoms with Gasteiger partial charge in [0, 0.05) is 12.6 Å². The quantitative estimate of drug-likeness (QED) is 0.806. The molecule has 0 aliphatic heterocycles. The van der Waals surface area contributed by atoms with Crippen LogP contribution in [0.3, 0.4) is 0 Å². The fourth-order valence-electron chi connectivity index (χ4n) is 1.55. The van der Waals surface area contributed by atoms with E-state index in [-0.39, 0.29) is 5.75 Å². The van der Waals surface area contributed by atoms with Gasteiger partial charge in [0.2, 0.25) is 0 Å². The highest BCUT2D eigenvalue weighted by Gasteiger charge is 2.09. The van der Waals surface area contributed by atoms with E-state index in [0.29, 0.717) is 11.3 Å². The zero-order valence-electron chi connectivity index (χ0n) is 9.23. The molecule has 82 valence electrons. The van der Waals surface area contributed by atoms with Gasteiger partial charge in [0.25, 0.3) is 0 Å². The molecular formula is C12H13N3O. The molecule has 0 fully saturated rings. The molecule has 16 heavy (non-hydrogen) atoms. The molecule has 2 rings (SSSR count). The zero-order valence-corrected chi connectivity index (χ0v) is 9.23. The van der Waals surface area contributed by atoms with Crippen molar-refractivity contribution in [2.24, 2.45) is 0 Å². The van der Waals surface area contributed by atoms with Gasteiger partial charge in [-0.15, -0.1) is 10.2 Å². The first kappa shape index (κ1) is 10.4. The van der Waals surface area contributed by atoms with Crippen LogP contribution >= 0.6 is 0 Å². The van der Waals surface area contributed by atoms with Crippen LogP contribution in [0.5, 0.6) is 5.75 Å². The van der Waals surface area contributed by atoms with E-state index in [2.05, 4.69) is 15.5 Å². The smallest absolute Gasteiger partial charge is 0.148 e. The molecule has 0 atom stereocenters. The SMILES string of the molecule is CNc1cc(C)c(-c2ccccc2O)nn1. The lowest BCUT2D eigenvalue weighted by Crippen LogP contribution is -1.98. The molecule has 0 saturated carbocycles. The summed E-state index contributed by atoms with van der Waals surface area (Å²) in [6.45, 7) is 1.94. The van der Waals surface area contributed by atoms with Crippen LogP contribution in [-0.4, -0.2) is 22.4 Å². The van der Waals surface area contributed by atoms with Gasteiger partial charge in [0.05, 0.1) is 5.69 Å². The summed E-state index contributed by atoms with van der Waals surface area (Å²) >= 11 is 0. The third kappa shape index (κ3) is 1.82. The molecule has 0 spiro atoms. The lowest BCUT2D eigenvalue weighted by Gasteiger charge is -2.07. The average molecular weight is 215 g/mol. The fraction of sp³-hybridized carbons (Fsp3) is 0.167. The van der Waals surface area contributed by atoms with E-state index < -0.39 is 0 Å². The van der Waals surface area contributed by atoms with Crippen molar-refractivity contribution in [1.29, 1.82) is 0 Å². The van der Waals surface area contributed by atoms with E-state index >= 15 is 0 Å². The molecule has 4 nitrogen and oxygen atoms in total. The van der Waals surface area contributed by atoms with Crippen molar-refractivity contribution < 1.29 is 5.11 Å². The Morgan fingerprint density at radius 3 is 2.56 bits per heavy atom. The van der Waals surface area contributed by atoms with Gasteiger partial charge in [-0.25, -0.2) is 0 Å². The Balaban J connectivity index is 2.53. The van der Waals surface area contributed by atoms with Crippen LogP contribution in [0.25, 0.3) is 11.3 Å². The minimum atomic E-state index is 0.220. The number of aryl methyl sites for hydroxylation is 1. The summed E-state index contributed by atoms with van der Waals surface area (Å²) in [5.74, 6) is 0.939. The maximum Gasteiger partial charge on any atom is 0.148 e. The average Bonchev–Trinajstić information content (AvgIpc) is 2.30. The summed E-state index contributed by atoms with van der Waals surface area (Å²) in [5, 5.41) is 20.8. The van der Waals surface area contributed by atoms with Gasteiger partial charge in [0.15, 0.2) is 0 Å². The summed E-state index contributed by atoms with van der Waals surface area (Å²) in [7, 11) is 1.79. The van der Waals surface area contributed by atoms with Crippen LogP contribution < -0.4 is 5.32 Å². The highest BCUT2D eigenvalue weighted by Crippen LogP contribution is 2.29. The molecule has 0 aliphatic rings. The van der Waals surface area contributed by atoms with E-state index in [9.17, 15) is 5.11 Å². The number of nitrogens with one attached hydrogen (secondary N) is 1. The van der Waals surface area contributed by atoms with E-state index in [1.165, 1.54) is 0 Å². The van der Waals surface area contributed by atoms with Crippen molar-refractivity contribution in [2.45, 2.75) is 6.92 Å². The van der Waals surface area contributed by atoms with Gasteiger partial charge in [-0.05, 0) is 30.7 Å². The number of hydrogen-bond donors (Lipinski definition) is 2. The van der Waals surface area contributed by atoms with Crippen molar-refractivity contribution in [1.82, 2.24) is 10.2 Å². The monoisotopic (exact) mass is 215 g/mol. The predicted molar refractivity (Wildman–Crippen MR) is 63.4 cm³/mol. The number of para-hydroxylation sites is 1. The van der Waals surface area contributed by atoms with Gasteiger partial charge in [0.1, 0.15) is 11.6 Å². The maximum absolute atomic E-state index is 9.73. The normalized spacial score (nSPS) is 10.1. The van der Waals surface area contributed by atoms with Crippen molar-refractivity contribution in [2.75, 3.05) is 12.4 Å². The second kappa shape index (κ2) is 4.18. The van der Waals surface area contributed by atoms with Crippen molar-refractivity contribution in [3.63, 3.8) is 0 Å². The minimum Gasteiger partial charge on any atom is -0.507 e. The van der Waals surface area contributed by atoms with Crippen molar-refractivity contribution in [3.8, 4) is 17.0 Å². The highest BCUT2D eigenvalue weighted by atomic mass is 16.3. The van der Waals surface area contributed by atoms with Gasteiger partial charge >= 0.3 is 0 Å². The Bertz CT molecular complexity index is 511. The molecule has 2 N–H and O–H groups in total. The molecule has 0 aliphatic carbocycles. The molecule has 0 unspecified atom stereocenters. The lowest BCUT2D eigenvalue weighted by atomic mass is 10.1. The lowest BCUT2D eigenvalue weighted by molar-refractivity contribution is 0.477. The molecule has 1 aromatic heterocycles. The fourth-order valence-corrected chi connectivity index (χ4v) is 1.55. The number of phenols is 1. The molecule has 0 radical (unpaired) electrons. The van der Waals surface area contributed by atoms with Crippen LogP contribution in [-0.2, 0) is 0 Å². The predicted octanol–water partition coefficient (Wildman–Crippen LogP) is 2.20. The van der Waals surface area contributed by atoms with Crippen molar-refractivity contribution in [3.05, 3.63) is 35.9 Å². The highest BCUT2D eigenvalue weighted by molar-refractivity contribution is 5.69. The standard InChI is InChI=1S/C12H13N3O/c1-8-7-11(13-2)14-15-12(8)9-5-3-4-6-10(9)16/h3-7,16H,1-2H3,(H,13,14). The van der Waals surface area contributed by atoms with E-state index in [1.54, 1.807) is 19.2 Å². The second-order valence-electron chi connectivity index (χ2n) is 3.53. The molecule has 2 aromatic rings. The molecule has 0 saturated heterocycles. The van der Waals surface area contributed by atoms with Gasteiger partial charge in [-0.1, -0.05) is 12.1 Å². The van der Waals surface area contributed by atoms with Crippen LogP contribution in [0.2, 0.25) is 0 Å². The van der Waals surface area contributed by atoms with Gasteiger partial charge in [-0.3, -0.25) is 0 Å². The number of aromatic hydroxyl groups is 1. The molecule has 0 bridgehead atoms.